The molecule has 0 aromatic rings. The first kappa shape index (κ1) is 13.6. The Balaban J connectivity index is 1.89. The van der Waals surface area contributed by atoms with Crippen LogP contribution in [-0.4, -0.2) is 58.3 Å². The molecule has 2 fully saturated rings. The van der Waals surface area contributed by atoms with Crippen LogP contribution in [0.25, 0.3) is 0 Å². The highest BCUT2D eigenvalue weighted by molar-refractivity contribution is 8.00. The van der Waals surface area contributed by atoms with Gasteiger partial charge in [0.15, 0.2) is 0 Å². The first-order valence-electron chi connectivity index (χ1n) is 6.07. The number of aliphatic hydroxyl groups is 1. The Kier molecular flexibility index (Phi) is 4.12. The molecule has 2 saturated heterocycles. The molecule has 0 radical (unpaired) electrons. The third-order valence-corrected chi connectivity index (χ3v) is 5.09. The number of hydrogen-bond donors (Lipinski definition) is 3. The van der Waals surface area contributed by atoms with Crippen LogP contribution >= 0.6 is 11.8 Å². The van der Waals surface area contributed by atoms with Crippen molar-refractivity contribution in [2.45, 2.75) is 29.8 Å². The van der Waals surface area contributed by atoms with Gasteiger partial charge in [0, 0.05) is 18.8 Å². The Morgan fingerprint density at radius 3 is 2.83 bits per heavy atom. The van der Waals surface area contributed by atoms with Crippen molar-refractivity contribution in [1.82, 2.24) is 10.2 Å². The summed E-state index contributed by atoms with van der Waals surface area (Å²) in [6.07, 6.45) is 1.64. The fraction of sp³-hybridized carbons (Fsp3) is 0.818. The van der Waals surface area contributed by atoms with Gasteiger partial charge in [0.1, 0.15) is 12.1 Å². The summed E-state index contributed by atoms with van der Waals surface area (Å²) >= 11 is 1.77. The minimum atomic E-state index is -0.810. The van der Waals surface area contributed by atoms with Gasteiger partial charge in [-0.1, -0.05) is 0 Å². The van der Waals surface area contributed by atoms with Gasteiger partial charge >= 0.3 is 0 Å². The standard InChI is InChI=1S/C11H18N4O2S/c12-5-8-7-18-11(14-8)1-3-15(4-2-11)10(17)9(13)6-16/h8-9,14,16H,1-4,6-7,13H2/t8-,9+/m1/s1. The summed E-state index contributed by atoms with van der Waals surface area (Å²) < 4.78 is 0. The van der Waals surface area contributed by atoms with Crippen molar-refractivity contribution in [3.05, 3.63) is 0 Å². The first-order chi connectivity index (χ1) is 8.60. The van der Waals surface area contributed by atoms with Gasteiger partial charge in [-0.05, 0) is 12.8 Å². The van der Waals surface area contributed by atoms with Crippen LogP contribution in [0, 0.1) is 11.3 Å². The molecule has 2 aliphatic rings. The number of carbonyl (C=O) groups is 1. The summed E-state index contributed by atoms with van der Waals surface area (Å²) in [4.78, 5) is 13.5. The maximum Gasteiger partial charge on any atom is 0.241 e. The monoisotopic (exact) mass is 270 g/mol. The summed E-state index contributed by atoms with van der Waals surface area (Å²) in [5, 5.41) is 21.1. The summed E-state index contributed by atoms with van der Waals surface area (Å²) in [5.74, 6) is 0.618. The normalized spacial score (nSPS) is 28.1. The Morgan fingerprint density at radius 1 is 1.67 bits per heavy atom. The van der Waals surface area contributed by atoms with E-state index in [1.165, 1.54) is 0 Å². The zero-order chi connectivity index (χ0) is 13.2. The Bertz CT molecular complexity index is 363. The molecule has 1 spiro atoms. The average molecular weight is 270 g/mol. The molecule has 0 aliphatic carbocycles. The van der Waals surface area contributed by atoms with Crippen LogP contribution in [0.15, 0.2) is 0 Å². The van der Waals surface area contributed by atoms with Crippen molar-refractivity contribution in [3.63, 3.8) is 0 Å². The number of nitrogens with one attached hydrogen (secondary N) is 1. The molecule has 0 aromatic carbocycles. The lowest BCUT2D eigenvalue weighted by Crippen LogP contribution is -2.54. The highest BCUT2D eigenvalue weighted by atomic mass is 32.2. The van der Waals surface area contributed by atoms with Gasteiger partial charge in [-0.3, -0.25) is 10.1 Å². The van der Waals surface area contributed by atoms with E-state index in [4.69, 9.17) is 16.1 Å². The molecule has 0 bridgehead atoms. The molecule has 2 heterocycles. The maximum atomic E-state index is 11.8. The number of nitrogens with two attached hydrogens (primary N) is 1. The van der Waals surface area contributed by atoms with Crippen molar-refractivity contribution >= 4 is 17.7 Å². The zero-order valence-electron chi connectivity index (χ0n) is 10.1. The van der Waals surface area contributed by atoms with Crippen LogP contribution in [0.3, 0.4) is 0 Å². The van der Waals surface area contributed by atoms with Gasteiger partial charge in [-0.15, -0.1) is 11.8 Å². The molecule has 2 aliphatic heterocycles. The maximum absolute atomic E-state index is 11.8. The molecule has 2 rings (SSSR count). The summed E-state index contributed by atoms with van der Waals surface area (Å²) in [6, 6.07) is 1.34. The SMILES string of the molecule is N#C[C@@H]1CSC2(CCN(C(=O)[C@@H](N)CO)CC2)N1. The topological polar surface area (TPSA) is 102 Å². The molecule has 100 valence electrons. The summed E-state index contributed by atoms with van der Waals surface area (Å²) in [5.41, 5.74) is 5.53. The molecule has 2 atom stereocenters. The van der Waals surface area contributed by atoms with Crippen LogP contribution in [-0.2, 0) is 4.79 Å². The first-order valence-corrected chi connectivity index (χ1v) is 7.05. The minimum absolute atomic E-state index is 0.0551. The number of rotatable bonds is 2. The molecule has 0 unspecified atom stereocenters. The third-order valence-electron chi connectivity index (χ3n) is 3.52. The number of aliphatic hydroxyl groups excluding tert-OH is 1. The van der Waals surface area contributed by atoms with Crippen LogP contribution in [0.1, 0.15) is 12.8 Å². The lowest BCUT2D eigenvalue weighted by Gasteiger charge is -2.39. The molecular weight excluding hydrogens is 252 g/mol. The Morgan fingerprint density at radius 2 is 2.33 bits per heavy atom. The fourth-order valence-corrected chi connectivity index (χ4v) is 3.74. The van der Waals surface area contributed by atoms with Crippen LogP contribution in [0.2, 0.25) is 0 Å². The molecule has 4 N–H and O–H groups in total. The van der Waals surface area contributed by atoms with Gasteiger partial charge in [-0.25, -0.2) is 0 Å². The van der Waals surface area contributed by atoms with E-state index in [0.29, 0.717) is 13.1 Å². The second-order valence-electron chi connectivity index (χ2n) is 4.75. The van der Waals surface area contributed by atoms with E-state index in [1.807, 2.05) is 0 Å². The molecule has 1 amide bonds. The fourth-order valence-electron chi connectivity index (χ4n) is 2.40. The van der Waals surface area contributed by atoms with E-state index in [0.717, 1.165) is 18.6 Å². The van der Waals surface area contributed by atoms with Crippen LogP contribution < -0.4 is 11.1 Å². The van der Waals surface area contributed by atoms with E-state index in [2.05, 4.69) is 11.4 Å². The quantitative estimate of drug-likeness (QED) is 0.586. The van der Waals surface area contributed by atoms with Crippen molar-refractivity contribution < 1.29 is 9.90 Å². The molecule has 6 nitrogen and oxygen atoms in total. The van der Waals surface area contributed by atoms with Gasteiger partial charge in [-0.2, -0.15) is 5.26 Å². The average Bonchev–Trinajstić information content (AvgIpc) is 2.81. The molecule has 7 heteroatoms. The van der Waals surface area contributed by atoms with Crippen LogP contribution in [0.5, 0.6) is 0 Å². The Labute approximate surface area is 110 Å². The van der Waals surface area contributed by atoms with Gasteiger partial charge in [0.2, 0.25) is 5.91 Å². The van der Waals surface area contributed by atoms with E-state index in [1.54, 1.807) is 16.7 Å². The highest BCUT2D eigenvalue weighted by Crippen LogP contribution is 2.38. The van der Waals surface area contributed by atoms with Gasteiger partial charge in [0.25, 0.3) is 0 Å². The second-order valence-corrected chi connectivity index (χ2v) is 6.15. The summed E-state index contributed by atoms with van der Waals surface area (Å²) in [6.45, 7) is 0.944. The van der Waals surface area contributed by atoms with Crippen molar-refractivity contribution in [3.8, 4) is 6.07 Å². The van der Waals surface area contributed by atoms with Crippen molar-refractivity contribution in [2.24, 2.45) is 5.73 Å². The van der Waals surface area contributed by atoms with Crippen LogP contribution in [0.4, 0.5) is 0 Å². The predicted octanol–water partition coefficient (Wildman–Crippen LogP) is -1.15. The molecule has 18 heavy (non-hydrogen) atoms. The lowest BCUT2D eigenvalue weighted by atomic mass is 10.0. The van der Waals surface area contributed by atoms with Gasteiger partial charge in [0.05, 0.1) is 17.5 Å². The number of hydrogen-bond acceptors (Lipinski definition) is 6. The van der Waals surface area contributed by atoms with E-state index in [9.17, 15) is 4.79 Å². The molecule has 0 aromatic heterocycles. The number of thioether (sulfide) groups is 1. The summed E-state index contributed by atoms with van der Waals surface area (Å²) in [7, 11) is 0. The number of carbonyl (C=O) groups excluding carboxylic acids is 1. The third kappa shape index (κ3) is 2.62. The zero-order valence-corrected chi connectivity index (χ0v) is 10.9. The van der Waals surface area contributed by atoms with Crippen molar-refractivity contribution in [1.29, 1.82) is 5.26 Å². The number of likely N-dealkylation sites (tertiary alicyclic amines) is 1. The number of amides is 1. The van der Waals surface area contributed by atoms with E-state index in [-0.39, 0.29) is 23.4 Å². The minimum Gasteiger partial charge on any atom is -0.394 e. The van der Waals surface area contributed by atoms with Crippen molar-refractivity contribution in [2.75, 3.05) is 25.4 Å². The highest BCUT2D eigenvalue weighted by Gasteiger charge is 2.42. The number of nitrogens with zero attached hydrogens (tertiary/aromatic N) is 2. The molecular formula is C11H18N4O2S. The van der Waals surface area contributed by atoms with E-state index < -0.39 is 6.04 Å². The Hall–Kier alpha value is -0.810. The van der Waals surface area contributed by atoms with Gasteiger partial charge < -0.3 is 15.7 Å². The number of piperidine rings is 1. The second kappa shape index (κ2) is 5.45. The van der Waals surface area contributed by atoms with E-state index >= 15 is 0 Å². The predicted molar refractivity (Wildman–Crippen MR) is 68.6 cm³/mol. The lowest BCUT2D eigenvalue weighted by molar-refractivity contribution is -0.134. The molecule has 0 saturated carbocycles. The smallest absolute Gasteiger partial charge is 0.241 e. The number of nitriles is 1. The largest absolute Gasteiger partial charge is 0.394 e.